The maximum Gasteiger partial charge on any atom is 0.129 e. The Morgan fingerprint density at radius 3 is 2.88 bits per heavy atom. The van der Waals surface area contributed by atoms with Gasteiger partial charge in [0.05, 0.1) is 16.4 Å². The molecule has 1 aliphatic carbocycles. The van der Waals surface area contributed by atoms with Crippen LogP contribution in [0.3, 0.4) is 0 Å². The molecule has 0 amide bonds. The van der Waals surface area contributed by atoms with Crippen LogP contribution in [0.15, 0.2) is 28.9 Å². The van der Waals surface area contributed by atoms with Gasteiger partial charge in [0.15, 0.2) is 0 Å². The largest absolute Gasteiger partial charge is 0.507 e. The lowest BCUT2D eigenvalue weighted by Crippen LogP contribution is -1.82. The second-order valence-electron chi connectivity index (χ2n) is 4.12. The number of hydrogen-bond donors (Lipinski definition) is 2. The number of rotatable bonds is 2. The number of aromatic nitrogens is 2. The van der Waals surface area contributed by atoms with E-state index in [0.29, 0.717) is 10.4 Å². The van der Waals surface area contributed by atoms with E-state index in [2.05, 4.69) is 25.9 Å². The first-order chi connectivity index (χ1) is 7.74. The van der Waals surface area contributed by atoms with E-state index in [-0.39, 0.29) is 5.75 Å². The Bertz CT molecular complexity index is 532. The highest BCUT2D eigenvalue weighted by molar-refractivity contribution is 9.10. The van der Waals surface area contributed by atoms with Crippen molar-refractivity contribution in [3.63, 3.8) is 0 Å². The summed E-state index contributed by atoms with van der Waals surface area (Å²) in [5.41, 5.74) is 2.03. The van der Waals surface area contributed by atoms with E-state index >= 15 is 0 Å². The first-order valence-electron chi connectivity index (χ1n) is 5.28. The summed E-state index contributed by atoms with van der Waals surface area (Å²) in [7, 11) is 0. The molecule has 0 aliphatic heterocycles. The Kier molecular flexibility index (Phi) is 2.24. The van der Waals surface area contributed by atoms with E-state index in [4.69, 9.17) is 0 Å². The Morgan fingerprint density at radius 2 is 2.19 bits per heavy atom. The number of phenols is 1. The van der Waals surface area contributed by atoms with E-state index in [0.717, 1.165) is 17.1 Å². The second-order valence-corrected chi connectivity index (χ2v) is 4.98. The molecular formula is C12H11BrN2O. The lowest BCUT2D eigenvalue weighted by atomic mass is 10.2. The van der Waals surface area contributed by atoms with Gasteiger partial charge in [0.2, 0.25) is 0 Å². The molecule has 1 saturated carbocycles. The summed E-state index contributed by atoms with van der Waals surface area (Å²) < 4.78 is 0.701. The third-order valence-electron chi connectivity index (χ3n) is 2.82. The van der Waals surface area contributed by atoms with Crippen molar-refractivity contribution in [3.05, 3.63) is 34.7 Å². The summed E-state index contributed by atoms with van der Waals surface area (Å²) in [6, 6.07) is 5.45. The molecule has 0 atom stereocenters. The van der Waals surface area contributed by atoms with Gasteiger partial charge in [-0.2, -0.15) is 0 Å². The fourth-order valence-electron chi connectivity index (χ4n) is 1.72. The molecule has 3 rings (SSSR count). The van der Waals surface area contributed by atoms with Crippen LogP contribution in [0.4, 0.5) is 0 Å². The number of imidazole rings is 1. The minimum atomic E-state index is 0.255. The summed E-state index contributed by atoms with van der Waals surface area (Å²) in [4.78, 5) is 7.70. The number of aromatic amines is 1. The third kappa shape index (κ3) is 1.73. The maximum atomic E-state index is 9.42. The van der Waals surface area contributed by atoms with Crippen molar-refractivity contribution in [2.24, 2.45) is 0 Å². The Labute approximate surface area is 102 Å². The molecule has 16 heavy (non-hydrogen) atoms. The number of nitrogens with zero attached hydrogens (tertiary/aromatic N) is 1. The molecule has 1 aliphatic rings. The van der Waals surface area contributed by atoms with Crippen LogP contribution in [0.5, 0.6) is 5.75 Å². The van der Waals surface area contributed by atoms with Gasteiger partial charge in [-0.3, -0.25) is 0 Å². The average Bonchev–Trinajstić information content (AvgIpc) is 3.01. The normalized spacial score (nSPS) is 15.3. The lowest BCUT2D eigenvalue weighted by Gasteiger charge is -2.00. The van der Waals surface area contributed by atoms with E-state index in [9.17, 15) is 5.11 Å². The molecule has 1 heterocycles. The van der Waals surface area contributed by atoms with Crippen LogP contribution in [-0.2, 0) is 0 Å². The number of benzene rings is 1. The first kappa shape index (κ1) is 9.90. The number of hydrogen-bond acceptors (Lipinski definition) is 2. The topological polar surface area (TPSA) is 48.9 Å². The van der Waals surface area contributed by atoms with Crippen LogP contribution in [0.25, 0.3) is 11.3 Å². The molecule has 3 nitrogen and oxygen atoms in total. The Morgan fingerprint density at radius 1 is 1.38 bits per heavy atom. The summed E-state index contributed by atoms with van der Waals surface area (Å²) in [6.45, 7) is 0. The third-order valence-corrected chi connectivity index (χ3v) is 3.45. The van der Waals surface area contributed by atoms with Crippen LogP contribution >= 0.6 is 15.9 Å². The van der Waals surface area contributed by atoms with Crippen LogP contribution in [-0.4, -0.2) is 15.1 Å². The molecule has 2 aromatic rings. The van der Waals surface area contributed by atoms with Crippen molar-refractivity contribution in [1.29, 1.82) is 0 Å². The summed E-state index contributed by atoms with van der Waals surface area (Å²) >= 11 is 3.31. The molecule has 0 bridgehead atoms. The first-order valence-corrected chi connectivity index (χ1v) is 6.07. The number of aromatic hydroxyl groups is 1. The molecule has 0 radical (unpaired) electrons. The standard InChI is InChI=1S/C12H11BrN2O/c13-9-5-8(3-4-11(9)16)10-6-14-12(15-10)7-1-2-7/h3-7,16H,1-2H2,(H,14,15). The van der Waals surface area contributed by atoms with Gasteiger partial charge >= 0.3 is 0 Å². The smallest absolute Gasteiger partial charge is 0.129 e. The van der Waals surface area contributed by atoms with E-state index in [1.165, 1.54) is 12.8 Å². The van der Waals surface area contributed by atoms with E-state index < -0.39 is 0 Å². The van der Waals surface area contributed by atoms with Crippen molar-refractivity contribution >= 4 is 15.9 Å². The molecule has 4 heteroatoms. The van der Waals surface area contributed by atoms with Crippen LogP contribution < -0.4 is 0 Å². The van der Waals surface area contributed by atoms with Gasteiger partial charge in [-0.05, 0) is 47.0 Å². The van der Waals surface area contributed by atoms with Crippen molar-refractivity contribution in [2.45, 2.75) is 18.8 Å². The van der Waals surface area contributed by atoms with Crippen molar-refractivity contribution in [3.8, 4) is 17.0 Å². The molecule has 0 spiro atoms. The highest BCUT2D eigenvalue weighted by Gasteiger charge is 2.26. The highest BCUT2D eigenvalue weighted by atomic mass is 79.9. The van der Waals surface area contributed by atoms with Crippen LogP contribution in [0, 0.1) is 0 Å². The van der Waals surface area contributed by atoms with Crippen LogP contribution in [0.2, 0.25) is 0 Å². The summed E-state index contributed by atoms with van der Waals surface area (Å²) in [5.74, 6) is 1.97. The fourth-order valence-corrected chi connectivity index (χ4v) is 2.10. The molecule has 0 saturated heterocycles. The zero-order valence-corrected chi connectivity index (χ0v) is 10.2. The van der Waals surface area contributed by atoms with Gasteiger partial charge in [0.1, 0.15) is 11.6 Å². The fraction of sp³-hybridized carbons (Fsp3) is 0.250. The van der Waals surface area contributed by atoms with Crippen LogP contribution in [0.1, 0.15) is 24.6 Å². The maximum absolute atomic E-state index is 9.42. The lowest BCUT2D eigenvalue weighted by molar-refractivity contribution is 0.472. The number of halogens is 1. The Balaban J connectivity index is 1.97. The van der Waals surface area contributed by atoms with E-state index in [1.807, 2.05) is 18.3 Å². The van der Waals surface area contributed by atoms with Crippen molar-refractivity contribution < 1.29 is 5.11 Å². The van der Waals surface area contributed by atoms with Gasteiger partial charge in [-0.15, -0.1) is 0 Å². The van der Waals surface area contributed by atoms with Crippen molar-refractivity contribution in [2.75, 3.05) is 0 Å². The van der Waals surface area contributed by atoms with Gasteiger partial charge in [0.25, 0.3) is 0 Å². The predicted molar refractivity (Wildman–Crippen MR) is 65.4 cm³/mol. The summed E-state index contributed by atoms with van der Waals surface area (Å²) in [6.07, 6.45) is 4.34. The molecule has 1 aromatic heterocycles. The highest BCUT2D eigenvalue weighted by Crippen LogP contribution is 2.39. The monoisotopic (exact) mass is 278 g/mol. The molecule has 1 fully saturated rings. The number of nitrogens with one attached hydrogen (secondary N) is 1. The molecule has 1 aromatic carbocycles. The molecular weight excluding hydrogens is 268 g/mol. The molecule has 82 valence electrons. The molecule has 2 N–H and O–H groups in total. The zero-order chi connectivity index (χ0) is 11.1. The summed E-state index contributed by atoms with van der Waals surface area (Å²) in [5, 5.41) is 9.42. The number of phenolic OH excluding ortho intramolecular Hbond substituents is 1. The Hall–Kier alpha value is -1.29. The molecule has 0 unspecified atom stereocenters. The van der Waals surface area contributed by atoms with Gasteiger partial charge in [-0.25, -0.2) is 4.98 Å². The van der Waals surface area contributed by atoms with E-state index in [1.54, 1.807) is 6.07 Å². The SMILES string of the molecule is Oc1ccc(-c2cnc(C3CC3)[nH]2)cc1Br. The quantitative estimate of drug-likeness (QED) is 0.884. The number of H-pyrrole nitrogens is 1. The van der Waals surface area contributed by atoms with Gasteiger partial charge < -0.3 is 10.1 Å². The van der Waals surface area contributed by atoms with Crippen molar-refractivity contribution in [1.82, 2.24) is 9.97 Å². The zero-order valence-electron chi connectivity index (χ0n) is 8.57. The second kappa shape index (κ2) is 3.63. The van der Waals surface area contributed by atoms with Gasteiger partial charge in [0, 0.05) is 11.5 Å². The minimum Gasteiger partial charge on any atom is -0.507 e. The minimum absolute atomic E-state index is 0.255. The average molecular weight is 279 g/mol. The van der Waals surface area contributed by atoms with Gasteiger partial charge in [-0.1, -0.05) is 0 Å². The predicted octanol–water partition coefficient (Wildman–Crippen LogP) is 3.42.